The number of carbonyl (C=O) groups is 1. The Morgan fingerprint density at radius 2 is 2.27 bits per heavy atom. The number of hydrogen-bond acceptors (Lipinski definition) is 5. The maximum absolute atomic E-state index is 12.0. The maximum Gasteiger partial charge on any atom is 0.310 e. The van der Waals surface area contributed by atoms with Crippen molar-refractivity contribution in [2.24, 2.45) is 10.9 Å². The highest BCUT2D eigenvalue weighted by Gasteiger charge is 2.28. The summed E-state index contributed by atoms with van der Waals surface area (Å²) in [6.07, 6.45) is 4.59. The number of rotatable bonds is 7. The van der Waals surface area contributed by atoms with Crippen LogP contribution in [0, 0.1) is 5.92 Å². The Kier molecular flexibility index (Phi) is 8.18. The molecule has 7 nitrogen and oxygen atoms in total. The van der Waals surface area contributed by atoms with E-state index in [0.29, 0.717) is 32.2 Å². The van der Waals surface area contributed by atoms with Crippen molar-refractivity contribution in [3.63, 3.8) is 0 Å². The van der Waals surface area contributed by atoms with Crippen molar-refractivity contribution in [3.05, 3.63) is 23.9 Å². The second-order valence-corrected chi connectivity index (χ2v) is 6.29. The van der Waals surface area contributed by atoms with Gasteiger partial charge in [-0.05, 0) is 31.7 Å². The third kappa shape index (κ3) is 5.89. The van der Waals surface area contributed by atoms with Gasteiger partial charge >= 0.3 is 5.97 Å². The van der Waals surface area contributed by atoms with Crippen molar-refractivity contribution in [3.8, 4) is 5.88 Å². The number of esters is 1. The summed E-state index contributed by atoms with van der Waals surface area (Å²) in [7, 11) is 1.76. The van der Waals surface area contributed by atoms with Crippen LogP contribution in [0.25, 0.3) is 0 Å². The van der Waals surface area contributed by atoms with E-state index >= 15 is 0 Å². The van der Waals surface area contributed by atoms with E-state index in [0.717, 1.165) is 37.3 Å². The predicted molar refractivity (Wildman–Crippen MR) is 101 cm³/mol. The Morgan fingerprint density at radius 3 is 2.92 bits per heavy atom. The lowest BCUT2D eigenvalue weighted by Gasteiger charge is -2.33. The number of likely N-dealkylation sites (tertiary alicyclic amines) is 1. The molecular weight excluding hydrogens is 332 g/mol. The molecule has 0 spiro atoms. The van der Waals surface area contributed by atoms with Crippen LogP contribution < -0.4 is 10.1 Å². The van der Waals surface area contributed by atoms with Crippen LogP contribution in [0.1, 0.15) is 38.7 Å². The number of piperidine rings is 1. The lowest BCUT2D eigenvalue weighted by atomic mass is 9.98. The summed E-state index contributed by atoms with van der Waals surface area (Å²) in [5.41, 5.74) is 1.05. The van der Waals surface area contributed by atoms with Gasteiger partial charge in [-0.1, -0.05) is 13.0 Å². The van der Waals surface area contributed by atoms with Crippen LogP contribution >= 0.6 is 0 Å². The number of nitrogens with zero attached hydrogens (tertiary/aromatic N) is 3. The number of aromatic nitrogens is 1. The summed E-state index contributed by atoms with van der Waals surface area (Å²) in [5.74, 6) is 1.25. The second kappa shape index (κ2) is 10.6. The number of pyridine rings is 1. The number of nitrogens with one attached hydrogen (secondary N) is 1. The molecule has 1 unspecified atom stereocenters. The van der Waals surface area contributed by atoms with Crippen LogP contribution in [0.4, 0.5) is 0 Å². The van der Waals surface area contributed by atoms with Crippen LogP contribution in [-0.2, 0) is 16.1 Å². The fourth-order valence-corrected chi connectivity index (χ4v) is 2.94. The van der Waals surface area contributed by atoms with Gasteiger partial charge in [0.05, 0.1) is 19.1 Å². The van der Waals surface area contributed by atoms with E-state index in [9.17, 15) is 4.79 Å². The third-order valence-electron chi connectivity index (χ3n) is 4.25. The molecule has 1 aromatic rings. The van der Waals surface area contributed by atoms with Gasteiger partial charge in [0.25, 0.3) is 0 Å². The molecular formula is C19H30N4O3. The van der Waals surface area contributed by atoms with Crippen molar-refractivity contribution < 1.29 is 14.3 Å². The first-order valence-electron chi connectivity index (χ1n) is 9.37. The normalized spacial score (nSPS) is 17.7. The molecule has 1 aliphatic heterocycles. The molecule has 1 fully saturated rings. The van der Waals surface area contributed by atoms with E-state index in [1.165, 1.54) is 0 Å². The minimum Gasteiger partial charge on any atom is -0.478 e. The third-order valence-corrected chi connectivity index (χ3v) is 4.25. The number of aliphatic imine (C=N–C) groups is 1. The SMILES string of the molecule is CCCOc1ccc(CNC(=NC)N2CCCC(C(=O)OCC)C2)cn1. The molecule has 0 saturated carbocycles. The van der Waals surface area contributed by atoms with Crippen LogP contribution in [0.15, 0.2) is 23.3 Å². The Hall–Kier alpha value is -2.31. The summed E-state index contributed by atoms with van der Waals surface area (Å²) in [5, 5.41) is 3.35. The van der Waals surface area contributed by atoms with Gasteiger partial charge in [0.2, 0.25) is 5.88 Å². The summed E-state index contributed by atoms with van der Waals surface area (Å²) in [4.78, 5) is 22.8. The molecule has 1 aliphatic rings. The summed E-state index contributed by atoms with van der Waals surface area (Å²) in [6, 6.07) is 3.88. The van der Waals surface area contributed by atoms with E-state index in [1.807, 2.05) is 25.3 Å². The largest absolute Gasteiger partial charge is 0.478 e. The number of ether oxygens (including phenoxy) is 2. The van der Waals surface area contributed by atoms with E-state index in [4.69, 9.17) is 9.47 Å². The zero-order valence-corrected chi connectivity index (χ0v) is 16.0. The zero-order chi connectivity index (χ0) is 18.8. The van der Waals surface area contributed by atoms with Gasteiger partial charge in [-0.2, -0.15) is 0 Å². The summed E-state index contributed by atoms with van der Waals surface area (Å²) >= 11 is 0. The molecule has 1 saturated heterocycles. The van der Waals surface area contributed by atoms with Crippen molar-refractivity contribution >= 4 is 11.9 Å². The van der Waals surface area contributed by atoms with Crippen LogP contribution in [0.2, 0.25) is 0 Å². The van der Waals surface area contributed by atoms with Crippen LogP contribution in [0.5, 0.6) is 5.88 Å². The molecule has 1 atom stereocenters. The smallest absolute Gasteiger partial charge is 0.310 e. The topological polar surface area (TPSA) is 76.0 Å². The van der Waals surface area contributed by atoms with Gasteiger partial charge in [-0.3, -0.25) is 9.79 Å². The molecule has 0 aromatic carbocycles. The molecule has 0 amide bonds. The molecule has 0 bridgehead atoms. The van der Waals surface area contributed by atoms with Gasteiger partial charge in [-0.25, -0.2) is 4.98 Å². The highest BCUT2D eigenvalue weighted by molar-refractivity contribution is 5.81. The van der Waals surface area contributed by atoms with Crippen LogP contribution in [0.3, 0.4) is 0 Å². The quantitative estimate of drug-likeness (QED) is 0.455. The van der Waals surface area contributed by atoms with Crippen molar-refractivity contribution in [1.82, 2.24) is 15.2 Å². The van der Waals surface area contributed by atoms with Crippen molar-refractivity contribution in [2.75, 3.05) is 33.4 Å². The van der Waals surface area contributed by atoms with E-state index in [1.54, 1.807) is 7.05 Å². The molecule has 2 rings (SSSR count). The molecule has 7 heteroatoms. The molecule has 144 valence electrons. The van der Waals surface area contributed by atoms with Gasteiger partial charge in [0, 0.05) is 38.9 Å². The number of hydrogen-bond donors (Lipinski definition) is 1. The maximum atomic E-state index is 12.0. The highest BCUT2D eigenvalue weighted by Crippen LogP contribution is 2.18. The fraction of sp³-hybridized carbons (Fsp3) is 0.632. The van der Waals surface area contributed by atoms with Crippen molar-refractivity contribution in [1.29, 1.82) is 0 Å². The predicted octanol–water partition coefficient (Wildman–Crippen LogP) is 2.22. The number of carbonyl (C=O) groups excluding carboxylic acids is 1. The van der Waals surface area contributed by atoms with E-state index < -0.39 is 0 Å². The molecule has 1 N–H and O–H groups in total. The Morgan fingerprint density at radius 1 is 1.42 bits per heavy atom. The Labute approximate surface area is 155 Å². The second-order valence-electron chi connectivity index (χ2n) is 6.29. The van der Waals surface area contributed by atoms with Crippen LogP contribution in [-0.4, -0.2) is 55.2 Å². The van der Waals surface area contributed by atoms with Gasteiger partial charge in [0.1, 0.15) is 0 Å². The molecule has 0 radical (unpaired) electrons. The highest BCUT2D eigenvalue weighted by atomic mass is 16.5. The molecule has 0 aliphatic carbocycles. The lowest BCUT2D eigenvalue weighted by molar-refractivity contribution is -0.149. The average Bonchev–Trinajstić information content (AvgIpc) is 2.68. The van der Waals surface area contributed by atoms with Gasteiger partial charge in [0.15, 0.2) is 5.96 Å². The zero-order valence-electron chi connectivity index (χ0n) is 16.0. The van der Waals surface area contributed by atoms with Gasteiger partial charge in [-0.15, -0.1) is 0 Å². The standard InChI is InChI=1S/C19H30N4O3/c1-4-11-26-17-9-8-15(12-21-17)13-22-19(20-3)23-10-6-7-16(14-23)18(24)25-5-2/h8-9,12,16H,4-7,10-11,13-14H2,1-3H3,(H,20,22). The first-order chi connectivity index (χ1) is 12.7. The van der Waals surface area contributed by atoms with E-state index in [2.05, 4.69) is 27.1 Å². The Bertz CT molecular complexity index is 589. The minimum absolute atomic E-state index is 0.0843. The molecule has 2 heterocycles. The van der Waals surface area contributed by atoms with Gasteiger partial charge < -0.3 is 19.7 Å². The first-order valence-corrected chi connectivity index (χ1v) is 9.37. The first kappa shape index (κ1) is 20.0. The molecule has 26 heavy (non-hydrogen) atoms. The lowest BCUT2D eigenvalue weighted by Crippen LogP contribution is -2.48. The molecule has 1 aromatic heterocycles. The number of guanidine groups is 1. The monoisotopic (exact) mass is 362 g/mol. The van der Waals surface area contributed by atoms with Crippen molar-refractivity contribution in [2.45, 2.75) is 39.7 Å². The Balaban J connectivity index is 1.87. The average molecular weight is 362 g/mol. The minimum atomic E-state index is -0.112. The summed E-state index contributed by atoms with van der Waals surface area (Å²) in [6.45, 7) is 7.15. The fourth-order valence-electron chi connectivity index (χ4n) is 2.94. The summed E-state index contributed by atoms with van der Waals surface area (Å²) < 4.78 is 10.7. The van der Waals surface area contributed by atoms with E-state index in [-0.39, 0.29) is 11.9 Å².